The van der Waals surface area contributed by atoms with Gasteiger partial charge in [-0.2, -0.15) is 0 Å². The molecule has 1 atom stereocenters. The Hall–Kier alpha value is -1.40. The van der Waals surface area contributed by atoms with Gasteiger partial charge in [-0.05, 0) is 61.6 Å². The summed E-state index contributed by atoms with van der Waals surface area (Å²) in [5, 5.41) is 5.13. The van der Waals surface area contributed by atoms with Crippen molar-refractivity contribution in [2.75, 3.05) is 13.1 Å². The van der Waals surface area contributed by atoms with Crippen molar-refractivity contribution in [3.8, 4) is 11.1 Å². The highest BCUT2D eigenvalue weighted by Gasteiger charge is 2.19. The normalized spacial score (nSPS) is 18.1. The molecule has 0 saturated carbocycles. The second kappa shape index (κ2) is 8.32. The minimum absolute atomic E-state index is 0. The van der Waals surface area contributed by atoms with E-state index in [0.717, 1.165) is 24.1 Å². The highest BCUT2D eigenvalue weighted by atomic mass is 35.5. The Morgan fingerprint density at radius 2 is 1.60 bits per heavy atom. The van der Waals surface area contributed by atoms with E-state index in [0.29, 0.717) is 6.04 Å². The minimum Gasteiger partial charge on any atom is -0.300 e. The maximum Gasteiger partial charge on any atom is 0.238 e. The van der Waals surface area contributed by atoms with Crippen molar-refractivity contribution in [1.82, 2.24) is 4.90 Å². The minimum atomic E-state index is -3.63. The molecule has 0 radical (unpaired) electrons. The van der Waals surface area contributed by atoms with E-state index >= 15 is 0 Å². The van der Waals surface area contributed by atoms with Crippen LogP contribution in [0, 0.1) is 0 Å². The van der Waals surface area contributed by atoms with Gasteiger partial charge in [-0.3, -0.25) is 0 Å². The molecule has 1 saturated heterocycles. The molecule has 1 heterocycles. The van der Waals surface area contributed by atoms with E-state index in [1.807, 2.05) is 0 Å². The third-order valence-electron chi connectivity index (χ3n) is 4.85. The van der Waals surface area contributed by atoms with Crippen molar-refractivity contribution in [3.05, 3.63) is 54.1 Å². The summed E-state index contributed by atoms with van der Waals surface area (Å²) in [5.41, 5.74) is 3.40. The number of likely N-dealkylation sites (tertiary alicyclic amines) is 1. The summed E-state index contributed by atoms with van der Waals surface area (Å²) in [7, 11) is -3.63. The second-order valence-corrected chi connectivity index (χ2v) is 8.10. The summed E-state index contributed by atoms with van der Waals surface area (Å²) >= 11 is 0. The Kier molecular flexibility index (Phi) is 6.63. The van der Waals surface area contributed by atoms with E-state index in [1.54, 1.807) is 24.3 Å². The van der Waals surface area contributed by atoms with Crippen LogP contribution in [-0.2, 0) is 16.4 Å². The zero-order valence-corrected chi connectivity index (χ0v) is 16.0. The van der Waals surface area contributed by atoms with E-state index < -0.39 is 10.0 Å². The molecule has 1 fully saturated rings. The molecule has 1 aliphatic rings. The van der Waals surface area contributed by atoms with Crippen LogP contribution in [0.3, 0.4) is 0 Å². The van der Waals surface area contributed by atoms with Gasteiger partial charge in [0.15, 0.2) is 0 Å². The number of benzene rings is 2. The maximum atomic E-state index is 11.3. The fourth-order valence-electron chi connectivity index (χ4n) is 3.30. The molecule has 2 aromatic carbocycles. The van der Waals surface area contributed by atoms with E-state index in [-0.39, 0.29) is 17.3 Å². The van der Waals surface area contributed by atoms with Gasteiger partial charge in [0.1, 0.15) is 0 Å². The van der Waals surface area contributed by atoms with Gasteiger partial charge in [0, 0.05) is 12.6 Å². The number of nitrogens with zero attached hydrogens (tertiary/aromatic N) is 1. The van der Waals surface area contributed by atoms with E-state index in [2.05, 4.69) is 36.1 Å². The molecule has 0 unspecified atom stereocenters. The summed E-state index contributed by atoms with van der Waals surface area (Å²) in [5.74, 6) is 0. The molecule has 3 rings (SSSR count). The van der Waals surface area contributed by atoms with Gasteiger partial charge < -0.3 is 4.90 Å². The van der Waals surface area contributed by atoms with Crippen LogP contribution in [0.1, 0.15) is 25.3 Å². The van der Waals surface area contributed by atoms with Crippen LogP contribution < -0.4 is 5.14 Å². The Labute approximate surface area is 156 Å². The number of nitrogens with two attached hydrogens (primary N) is 1. The lowest BCUT2D eigenvalue weighted by Crippen LogP contribution is -2.28. The van der Waals surface area contributed by atoms with E-state index in [9.17, 15) is 8.42 Å². The molecule has 0 spiro atoms. The SMILES string of the molecule is C[C@@H]1CCCN1CCc1ccc(-c2ccc(S(N)(=O)=O)cc2)cc1.Cl. The molecule has 25 heavy (non-hydrogen) atoms. The summed E-state index contributed by atoms with van der Waals surface area (Å²) in [6.07, 6.45) is 3.69. The van der Waals surface area contributed by atoms with Crippen LogP contribution in [0.5, 0.6) is 0 Å². The lowest BCUT2D eigenvalue weighted by Gasteiger charge is -2.20. The highest BCUT2D eigenvalue weighted by molar-refractivity contribution is 7.89. The maximum absolute atomic E-state index is 11.3. The van der Waals surface area contributed by atoms with Gasteiger partial charge in [0.25, 0.3) is 0 Å². The molecule has 0 bridgehead atoms. The van der Waals surface area contributed by atoms with Crippen molar-refractivity contribution in [2.24, 2.45) is 5.14 Å². The fraction of sp³-hybridized carbons (Fsp3) is 0.368. The third kappa shape index (κ3) is 5.05. The molecular weight excluding hydrogens is 356 g/mol. The zero-order valence-electron chi connectivity index (χ0n) is 14.4. The number of sulfonamides is 1. The van der Waals surface area contributed by atoms with Gasteiger partial charge in [-0.25, -0.2) is 13.6 Å². The van der Waals surface area contributed by atoms with Crippen molar-refractivity contribution in [2.45, 2.75) is 37.1 Å². The number of hydrogen-bond donors (Lipinski definition) is 1. The van der Waals surface area contributed by atoms with Gasteiger partial charge in [-0.1, -0.05) is 36.4 Å². The van der Waals surface area contributed by atoms with Crippen LogP contribution in [0.4, 0.5) is 0 Å². The monoisotopic (exact) mass is 380 g/mol. The van der Waals surface area contributed by atoms with Crippen LogP contribution in [-0.4, -0.2) is 32.4 Å². The predicted molar refractivity (Wildman–Crippen MR) is 104 cm³/mol. The van der Waals surface area contributed by atoms with Crippen molar-refractivity contribution < 1.29 is 8.42 Å². The summed E-state index contributed by atoms with van der Waals surface area (Å²) in [6, 6.07) is 15.9. The average molecular weight is 381 g/mol. The van der Waals surface area contributed by atoms with Gasteiger partial charge in [0.2, 0.25) is 10.0 Å². The van der Waals surface area contributed by atoms with Crippen LogP contribution in [0.25, 0.3) is 11.1 Å². The highest BCUT2D eigenvalue weighted by Crippen LogP contribution is 2.22. The smallest absolute Gasteiger partial charge is 0.238 e. The van der Waals surface area contributed by atoms with Crippen LogP contribution >= 0.6 is 12.4 Å². The topological polar surface area (TPSA) is 63.4 Å². The Morgan fingerprint density at radius 1 is 1.04 bits per heavy atom. The fourth-order valence-corrected chi connectivity index (χ4v) is 3.81. The Bertz CT molecular complexity index is 789. The molecule has 4 nitrogen and oxygen atoms in total. The van der Waals surface area contributed by atoms with Crippen molar-refractivity contribution >= 4 is 22.4 Å². The van der Waals surface area contributed by atoms with E-state index in [4.69, 9.17) is 5.14 Å². The molecule has 136 valence electrons. The Morgan fingerprint density at radius 3 is 2.08 bits per heavy atom. The molecule has 6 heteroatoms. The zero-order chi connectivity index (χ0) is 17.2. The molecule has 1 aliphatic heterocycles. The van der Waals surface area contributed by atoms with E-state index in [1.165, 1.54) is 24.9 Å². The summed E-state index contributed by atoms with van der Waals surface area (Å²) in [4.78, 5) is 2.70. The number of hydrogen-bond acceptors (Lipinski definition) is 3. The first-order valence-electron chi connectivity index (χ1n) is 8.40. The average Bonchev–Trinajstić information content (AvgIpc) is 2.98. The predicted octanol–water partition coefficient (Wildman–Crippen LogP) is 3.45. The molecular formula is C19H25ClN2O2S. The first-order chi connectivity index (χ1) is 11.4. The number of rotatable bonds is 5. The lowest BCUT2D eigenvalue weighted by atomic mass is 10.0. The Balaban J connectivity index is 0.00000225. The number of primary sulfonamides is 1. The second-order valence-electron chi connectivity index (χ2n) is 6.54. The van der Waals surface area contributed by atoms with Gasteiger partial charge in [-0.15, -0.1) is 12.4 Å². The van der Waals surface area contributed by atoms with Gasteiger partial charge >= 0.3 is 0 Å². The summed E-state index contributed by atoms with van der Waals surface area (Å²) in [6.45, 7) is 4.64. The molecule has 2 N–H and O–H groups in total. The van der Waals surface area contributed by atoms with Crippen molar-refractivity contribution in [3.63, 3.8) is 0 Å². The molecule has 0 aromatic heterocycles. The molecule has 0 amide bonds. The lowest BCUT2D eigenvalue weighted by molar-refractivity contribution is 0.272. The van der Waals surface area contributed by atoms with Crippen LogP contribution in [0.2, 0.25) is 0 Å². The summed E-state index contributed by atoms with van der Waals surface area (Å²) < 4.78 is 22.6. The first-order valence-corrected chi connectivity index (χ1v) is 9.94. The molecule has 0 aliphatic carbocycles. The third-order valence-corrected chi connectivity index (χ3v) is 5.78. The quantitative estimate of drug-likeness (QED) is 0.864. The molecule has 2 aromatic rings. The van der Waals surface area contributed by atoms with Gasteiger partial charge in [0.05, 0.1) is 4.90 Å². The number of halogens is 1. The van der Waals surface area contributed by atoms with Crippen molar-refractivity contribution in [1.29, 1.82) is 0 Å². The standard InChI is InChI=1S/C19H24N2O2S.ClH/c1-15-3-2-13-21(15)14-12-16-4-6-17(7-5-16)18-8-10-19(11-9-18)24(20,22)23;/h4-11,15H,2-3,12-14H2,1H3,(H2,20,22,23);1H/t15-;/m1./s1. The van der Waals surface area contributed by atoms with Crippen LogP contribution in [0.15, 0.2) is 53.4 Å². The first kappa shape index (κ1) is 19.9. The largest absolute Gasteiger partial charge is 0.300 e.